The van der Waals surface area contributed by atoms with Crippen molar-refractivity contribution in [2.45, 2.75) is 44.6 Å². The Kier molecular flexibility index (Phi) is 6.15. The Balaban J connectivity index is 1.71. The van der Waals surface area contributed by atoms with Gasteiger partial charge >= 0.3 is 0 Å². The molecule has 4 aromatic rings. The van der Waals surface area contributed by atoms with Crippen molar-refractivity contribution < 1.29 is 13.9 Å². The van der Waals surface area contributed by atoms with Gasteiger partial charge in [-0.05, 0) is 30.5 Å². The Morgan fingerprint density at radius 1 is 0.848 bits per heavy atom. The quantitative estimate of drug-likeness (QED) is 0.334. The highest BCUT2D eigenvalue weighted by atomic mass is 16.5. The lowest BCUT2D eigenvalue weighted by atomic mass is 9.98. The summed E-state index contributed by atoms with van der Waals surface area (Å²) < 4.78 is 17.4. The molecule has 1 aliphatic carbocycles. The van der Waals surface area contributed by atoms with Gasteiger partial charge in [-0.15, -0.1) is 0 Å². The molecule has 1 aliphatic rings. The van der Waals surface area contributed by atoms with Crippen molar-refractivity contribution in [3.05, 3.63) is 54.9 Å². The molecule has 1 fully saturated rings. The molecule has 1 saturated carbocycles. The first kappa shape index (κ1) is 21.3. The second-order valence-electron chi connectivity index (χ2n) is 8.51. The van der Waals surface area contributed by atoms with Crippen LogP contribution in [0.25, 0.3) is 33.6 Å². The van der Waals surface area contributed by atoms with E-state index in [2.05, 4.69) is 27.4 Å². The number of nitrogens with zero attached hydrogens (tertiary/aromatic N) is 2. The molecular formula is C27H29N3O3. The number of methoxy groups -OCH3 is 2. The summed E-state index contributed by atoms with van der Waals surface area (Å²) in [6.07, 6.45) is 9.00. The fraction of sp³-hybridized carbons (Fsp3) is 0.333. The highest BCUT2D eigenvalue weighted by Gasteiger charge is 2.24. The van der Waals surface area contributed by atoms with Crippen LogP contribution in [0.2, 0.25) is 0 Å². The maximum atomic E-state index is 6.39. The van der Waals surface area contributed by atoms with Crippen LogP contribution in [0.3, 0.4) is 0 Å². The molecule has 0 aliphatic heterocycles. The Morgan fingerprint density at radius 3 is 2.21 bits per heavy atom. The van der Waals surface area contributed by atoms with Crippen LogP contribution in [0.4, 0.5) is 5.82 Å². The van der Waals surface area contributed by atoms with Crippen LogP contribution in [-0.4, -0.2) is 30.2 Å². The van der Waals surface area contributed by atoms with Gasteiger partial charge < -0.3 is 19.2 Å². The third-order valence-electron chi connectivity index (χ3n) is 6.36. The summed E-state index contributed by atoms with van der Waals surface area (Å²) in [6, 6.07) is 16.4. The molecule has 0 atom stereocenters. The molecule has 0 radical (unpaired) electrons. The number of aromatic nitrogens is 2. The number of fused-ring (bicyclic) bond motifs is 1. The Hall–Kier alpha value is -3.54. The van der Waals surface area contributed by atoms with Crippen molar-refractivity contribution >= 4 is 16.9 Å². The monoisotopic (exact) mass is 443 g/mol. The van der Waals surface area contributed by atoms with Crippen LogP contribution in [-0.2, 0) is 0 Å². The fourth-order valence-electron chi connectivity index (χ4n) is 4.68. The van der Waals surface area contributed by atoms with Crippen LogP contribution in [0.1, 0.15) is 38.5 Å². The number of benzene rings is 2. The zero-order valence-corrected chi connectivity index (χ0v) is 19.1. The third-order valence-corrected chi connectivity index (χ3v) is 6.36. The predicted octanol–water partition coefficient (Wildman–Crippen LogP) is 6.71. The normalized spacial score (nSPS) is 14.7. The SMILES string of the molecule is COc1cc(OC)cc(-c2oc3ncnc(NC4CCCCCC4)c3c2-c2ccccc2)c1. The topological polar surface area (TPSA) is 69.4 Å². The average molecular weight is 444 g/mol. The van der Waals surface area contributed by atoms with E-state index in [4.69, 9.17) is 13.9 Å². The summed E-state index contributed by atoms with van der Waals surface area (Å²) in [5, 5.41) is 4.63. The fourth-order valence-corrected chi connectivity index (χ4v) is 4.68. The molecule has 0 spiro atoms. The van der Waals surface area contributed by atoms with Crippen LogP contribution in [0, 0.1) is 0 Å². The van der Waals surface area contributed by atoms with Crippen molar-refractivity contribution in [2.24, 2.45) is 0 Å². The standard InChI is InChI=1S/C27H29N3O3/c1-31-21-14-19(15-22(16-21)32-2)25-23(18-10-6-5-7-11-18)24-26(28-17-29-27(24)33-25)30-20-12-8-3-4-9-13-20/h5-7,10-11,14-17,20H,3-4,8-9,12-13H2,1-2H3,(H,28,29,30). The minimum absolute atomic E-state index is 0.407. The summed E-state index contributed by atoms with van der Waals surface area (Å²) in [4.78, 5) is 9.15. The van der Waals surface area contributed by atoms with Gasteiger partial charge in [-0.3, -0.25) is 0 Å². The van der Waals surface area contributed by atoms with Crippen LogP contribution < -0.4 is 14.8 Å². The molecule has 2 aromatic carbocycles. The van der Waals surface area contributed by atoms with E-state index < -0.39 is 0 Å². The van der Waals surface area contributed by atoms with Crippen molar-refractivity contribution in [2.75, 3.05) is 19.5 Å². The van der Waals surface area contributed by atoms with Crippen LogP contribution in [0.15, 0.2) is 59.3 Å². The smallest absolute Gasteiger partial charge is 0.232 e. The Morgan fingerprint density at radius 2 is 1.55 bits per heavy atom. The van der Waals surface area contributed by atoms with Crippen molar-refractivity contribution in [1.82, 2.24) is 9.97 Å². The van der Waals surface area contributed by atoms with Crippen LogP contribution in [0.5, 0.6) is 11.5 Å². The number of ether oxygens (including phenoxy) is 2. The second-order valence-corrected chi connectivity index (χ2v) is 8.51. The molecule has 2 aromatic heterocycles. The molecule has 0 bridgehead atoms. The molecule has 6 heteroatoms. The Bertz CT molecular complexity index is 1210. The van der Waals surface area contributed by atoms with Gasteiger partial charge in [-0.2, -0.15) is 0 Å². The maximum absolute atomic E-state index is 6.39. The Labute approximate surface area is 194 Å². The summed E-state index contributed by atoms with van der Waals surface area (Å²) >= 11 is 0. The summed E-state index contributed by atoms with van der Waals surface area (Å²) in [5.74, 6) is 2.95. The van der Waals surface area contributed by atoms with Gasteiger partial charge in [-0.25, -0.2) is 9.97 Å². The number of rotatable bonds is 6. The van der Waals surface area contributed by atoms with E-state index in [0.717, 1.165) is 46.5 Å². The van der Waals surface area contributed by atoms with Gasteiger partial charge in [0.05, 0.1) is 19.6 Å². The van der Waals surface area contributed by atoms with Crippen molar-refractivity contribution in [1.29, 1.82) is 0 Å². The molecule has 6 nitrogen and oxygen atoms in total. The number of anilines is 1. The van der Waals surface area contributed by atoms with E-state index in [-0.39, 0.29) is 0 Å². The molecule has 0 saturated heterocycles. The first-order valence-electron chi connectivity index (χ1n) is 11.6. The van der Waals surface area contributed by atoms with Gasteiger partial charge in [0.15, 0.2) is 0 Å². The highest BCUT2D eigenvalue weighted by molar-refractivity contribution is 6.06. The van der Waals surface area contributed by atoms with Gasteiger partial charge in [0.25, 0.3) is 0 Å². The molecular weight excluding hydrogens is 414 g/mol. The molecule has 2 heterocycles. The van der Waals surface area contributed by atoms with E-state index in [9.17, 15) is 0 Å². The molecule has 1 N–H and O–H groups in total. The lowest BCUT2D eigenvalue weighted by Gasteiger charge is -2.17. The maximum Gasteiger partial charge on any atom is 0.232 e. The van der Waals surface area contributed by atoms with Crippen LogP contribution >= 0.6 is 0 Å². The summed E-state index contributed by atoms with van der Waals surface area (Å²) in [5.41, 5.74) is 3.45. The van der Waals surface area contributed by atoms with Crippen molar-refractivity contribution in [3.8, 4) is 33.9 Å². The highest BCUT2D eigenvalue weighted by Crippen LogP contribution is 2.44. The van der Waals surface area contributed by atoms with E-state index >= 15 is 0 Å². The third kappa shape index (κ3) is 4.38. The number of hydrogen-bond acceptors (Lipinski definition) is 6. The summed E-state index contributed by atoms with van der Waals surface area (Å²) in [6.45, 7) is 0. The van der Waals surface area contributed by atoms with E-state index in [1.165, 1.54) is 25.7 Å². The number of furan rings is 1. The minimum atomic E-state index is 0.407. The predicted molar refractivity (Wildman–Crippen MR) is 131 cm³/mol. The minimum Gasteiger partial charge on any atom is -0.497 e. The van der Waals surface area contributed by atoms with Gasteiger partial charge in [0.2, 0.25) is 5.71 Å². The molecule has 170 valence electrons. The van der Waals surface area contributed by atoms with Gasteiger partial charge in [-0.1, -0.05) is 56.0 Å². The zero-order chi connectivity index (χ0) is 22.6. The molecule has 0 amide bonds. The average Bonchev–Trinajstić information content (AvgIpc) is 3.08. The number of nitrogens with one attached hydrogen (secondary N) is 1. The molecule has 5 rings (SSSR count). The van der Waals surface area contributed by atoms with Gasteiger partial charge in [0.1, 0.15) is 29.4 Å². The van der Waals surface area contributed by atoms with E-state index in [1.54, 1.807) is 20.5 Å². The lowest BCUT2D eigenvalue weighted by Crippen LogP contribution is -2.19. The first-order valence-corrected chi connectivity index (χ1v) is 11.6. The lowest BCUT2D eigenvalue weighted by molar-refractivity contribution is 0.394. The molecule has 0 unspecified atom stereocenters. The number of hydrogen-bond donors (Lipinski definition) is 1. The molecule has 33 heavy (non-hydrogen) atoms. The van der Waals surface area contributed by atoms with E-state index in [0.29, 0.717) is 23.3 Å². The first-order chi connectivity index (χ1) is 16.3. The zero-order valence-electron chi connectivity index (χ0n) is 19.1. The second kappa shape index (κ2) is 9.53. The van der Waals surface area contributed by atoms with E-state index in [1.807, 2.05) is 36.4 Å². The summed E-state index contributed by atoms with van der Waals surface area (Å²) in [7, 11) is 3.30. The van der Waals surface area contributed by atoms with Crippen molar-refractivity contribution in [3.63, 3.8) is 0 Å². The largest absolute Gasteiger partial charge is 0.497 e. The van der Waals surface area contributed by atoms with Gasteiger partial charge in [0, 0.05) is 23.2 Å².